The first-order valence-corrected chi connectivity index (χ1v) is 6.65. The van der Waals surface area contributed by atoms with Crippen molar-refractivity contribution in [3.8, 4) is 0 Å². The number of carbonyl (C=O) groups is 1. The molecular formula is C13H24N2O2. The molecule has 0 radical (unpaired) electrons. The molecule has 1 saturated carbocycles. The van der Waals surface area contributed by atoms with Crippen molar-refractivity contribution in [1.82, 2.24) is 10.6 Å². The van der Waals surface area contributed by atoms with Crippen LogP contribution < -0.4 is 10.6 Å². The first-order chi connectivity index (χ1) is 7.96. The van der Waals surface area contributed by atoms with Crippen LogP contribution in [0.1, 0.15) is 40.0 Å². The molecule has 0 bridgehead atoms. The van der Waals surface area contributed by atoms with Gasteiger partial charge < -0.3 is 15.4 Å². The molecule has 2 unspecified atom stereocenters. The van der Waals surface area contributed by atoms with E-state index < -0.39 is 5.60 Å². The lowest BCUT2D eigenvalue weighted by molar-refractivity contribution is -0.157. The maximum Gasteiger partial charge on any atom is 0.324 e. The Morgan fingerprint density at radius 2 is 1.88 bits per heavy atom. The zero-order chi connectivity index (χ0) is 12.5. The Morgan fingerprint density at radius 3 is 2.47 bits per heavy atom. The molecule has 1 heterocycles. The highest BCUT2D eigenvalue weighted by Gasteiger charge is 2.34. The van der Waals surface area contributed by atoms with Gasteiger partial charge in [0.1, 0.15) is 11.6 Å². The van der Waals surface area contributed by atoms with E-state index in [4.69, 9.17) is 4.74 Å². The average Bonchev–Trinajstić information content (AvgIpc) is 3.02. The molecule has 0 aromatic heterocycles. The van der Waals surface area contributed by atoms with Crippen molar-refractivity contribution in [2.75, 3.05) is 13.1 Å². The maximum atomic E-state index is 11.9. The summed E-state index contributed by atoms with van der Waals surface area (Å²) >= 11 is 0. The third-order valence-corrected chi connectivity index (χ3v) is 3.31. The summed E-state index contributed by atoms with van der Waals surface area (Å²) in [5.74, 6) is 0.704. The van der Waals surface area contributed by atoms with Crippen LogP contribution >= 0.6 is 0 Å². The molecule has 4 nitrogen and oxygen atoms in total. The van der Waals surface area contributed by atoms with Gasteiger partial charge in [0.05, 0.1) is 0 Å². The van der Waals surface area contributed by atoms with Crippen LogP contribution in [0.4, 0.5) is 0 Å². The van der Waals surface area contributed by atoms with E-state index in [-0.39, 0.29) is 12.0 Å². The Morgan fingerprint density at radius 1 is 1.18 bits per heavy atom. The Hall–Kier alpha value is -0.610. The van der Waals surface area contributed by atoms with Gasteiger partial charge in [0.25, 0.3) is 0 Å². The largest absolute Gasteiger partial charge is 0.459 e. The molecule has 0 amide bonds. The van der Waals surface area contributed by atoms with Crippen molar-refractivity contribution in [2.24, 2.45) is 5.92 Å². The summed E-state index contributed by atoms with van der Waals surface area (Å²) in [6.07, 6.45) is 3.80. The molecule has 2 rings (SSSR count). The highest BCUT2D eigenvalue weighted by atomic mass is 16.6. The molecule has 2 fully saturated rings. The van der Waals surface area contributed by atoms with Crippen LogP contribution in [0.2, 0.25) is 0 Å². The van der Waals surface area contributed by atoms with Crippen LogP contribution in [0.3, 0.4) is 0 Å². The SMILES string of the molecule is CC(C)(C)OC(=O)C1CNC(C2CC2)CCN1. The number of hydrogen-bond acceptors (Lipinski definition) is 4. The minimum Gasteiger partial charge on any atom is -0.459 e. The summed E-state index contributed by atoms with van der Waals surface area (Å²) in [7, 11) is 0. The van der Waals surface area contributed by atoms with E-state index in [0.717, 1.165) is 18.9 Å². The van der Waals surface area contributed by atoms with Gasteiger partial charge in [0.2, 0.25) is 0 Å². The zero-order valence-electron chi connectivity index (χ0n) is 11.1. The number of carbonyl (C=O) groups excluding carboxylic acids is 1. The van der Waals surface area contributed by atoms with Crippen LogP contribution in [0.5, 0.6) is 0 Å². The molecule has 0 spiro atoms. The topological polar surface area (TPSA) is 50.4 Å². The second-order valence-electron chi connectivity index (χ2n) is 6.18. The van der Waals surface area contributed by atoms with Crippen LogP contribution in [-0.4, -0.2) is 36.7 Å². The summed E-state index contributed by atoms with van der Waals surface area (Å²) in [4.78, 5) is 11.9. The van der Waals surface area contributed by atoms with Gasteiger partial charge in [-0.25, -0.2) is 0 Å². The van der Waals surface area contributed by atoms with E-state index in [1.807, 2.05) is 20.8 Å². The van der Waals surface area contributed by atoms with Crippen molar-refractivity contribution in [3.05, 3.63) is 0 Å². The van der Waals surface area contributed by atoms with E-state index in [1.165, 1.54) is 12.8 Å². The number of hydrogen-bond donors (Lipinski definition) is 2. The summed E-state index contributed by atoms with van der Waals surface area (Å²) in [6.45, 7) is 7.31. The number of esters is 1. The molecular weight excluding hydrogens is 216 g/mol. The molecule has 1 saturated heterocycles. The van der Waals surface area contributed by atoms with Gasteiger partial charge in [0, 0.05) is 12.6 Å². The normalized spacial score (nSPS) is 30.8. The van der Waals surface area contributed by atoms with Crippen LogP contribution in [0.15, 0.2) is 0 Å². The van der Waals surface area contributed by atoms with Gasteiger partial charge in [-0.15, -0.1) is 0 Å². The first kappa shape index (κ1) is 12.8. The maximum absolute atomic E-state index is 11.9. The fourth-order valence-corrected chi connectivity index (χ4v) is 2.30. The fourth-order valence-electron chi connectivity index (χ4n) is 2.30. The fraction of sp³-hybridized carbons (Fsp3) is 0.923. The quantitative estimate of drug-likeness (QED) is 0.709. The molecule has 17 heavy (non-hydrogen) atoms. The lowest BCUT2D eigenvalue weighted by Gasteiger charge is -2.23. The smallest absolute Gasteiger partial charge is 0.324 e. The van der Waals surface area contributed by atoms with Crippen LogP contribution in [0.25, 0.3) is 0 Å². The highest BCUT2D eigenvalue weighted by Crippen LogP contribution is 2.34. The summed E-state index contributed by atoms with van der Waals surface area (Å²) in [5, 5.41) is 6.78. The van der Waals surface area contributed by atoms with Gasteiger partial charge in [-0.1, -0.05) is 0 Å². The van der Waals surface area contributed by atoms with Crippen molar-refractivity contribution in [2.45, 2.75) is 57.7 Å². The molecule has 0 aromatic carbocycles. The molecule has 1 aliphatic carbocycles. The zero-order valence-corrected chi connectivity index (χ0v) is 11.1. The molecule has 4 heteroatoms. The van der Waals surface area contributed by atoms with Crippen LogP contribution in [0, 0.1) is 5.92 Å². The molecule has 2 aliphatic rings. The summed E-state index contributed by atoms with van der Waals surface area (Å²) in [6, 6.07) is 0.396. The lowest BCUT2D eigenvalue weighted by atomic mass is 10.1. The van der Waals surface area contributed by atoms with E-state index in [1.54, 1.807) is 0 Å². The molecule has 2 atom stereocenters. The van der Waals surface area contributed by atoms with E-state index in [0.29, 0.717) is 12.6 Å². The van der Waals surface area contributed by atoms with E-state index in [9.17, 15) is 4.79 Å². The second-order valence-corrected chi connectivity index (χ2v) is 6.18. The minimum atomic E-state index is -0.402. The summed E-state index contributed by atoms with van der Waals surface area (Å²) < 4.78 is 5.40. The highest BCUT2D eigenvalue weighted by molar-refractivity contribution is 5.76. The molecule has 98 valence electrons. The molecule has 1 aliphatic heterocycles. The van der Waals surface area contributed by atoms with Crippen molar-refractivity contribution in [1.29, 1.82) is 0 Å². The predicted molar refractivity (Wildman–Crippen MR) is 66.8 cm³/mol. The van der Waals surface area contributed by atoms with Gasteiger partial charge in [-0.05, 0) is 52.5 Å². The monoisotopic (exact) mass is 240 g/mol. The van der Waals surface area contributed by atoms with Crippen molar-refractivity contribution in [3.63, 3.8) is 0 Å². The van der Waals surface area contributed by atoms with Crippen molar-refractivity contribution < 1.29 is 9.53 Å². The summed E-state index contributed by atoms with van der Waals surface area (Å²) in [5.41, 5.74) is -0.402. The molecule has 0 aromatic rings. The van der Waals surface area contributed by atoms with Gasteiger partial charge in [-0.2, -0.15) is 0 Å². The third kappa shape index (κ3) is 3.96. The average molecular weight is 240 g/mol. The van der Waals surface area contributed by atoms with E-state index in [2.05, 4.69) is 10.6 Å². The second kappa shape index (κ2) is 4.94. The van der Waals surface area contributed by atoms with Crippen LogP contribution in [-0.2, 0) is 9.53 Å². The molecule has 2 N–H and O–H groups in total. The third-order valence-electron chi connectivity index (χ3n) is 3.31. The Balaban J connectivity index is 1.83. The number of rotatable bonds is 2. The Kier molecular flexibility index (Phi) is 3.73. The Labute approximate surface area is 103 Å². The Bertz CT molecular complexity index is 282. The minimum absolute atomic E-state index is 0.138. The van der Waals surface area contributed by atoms with Gasteiger partial charge >= 0.3 is 5.97 Å². The standard InChI is InChI=1S/C13H24N2O2/c1-13(2,3)17-12(16)11-8-15-10(6-7-14-11)9-4-5-9/h9-11,14-15H,4-8H2,1-3H3. The predicted octanol–water partition coefficient (Wildman–Crippen LogP) is 1.06. The van der Waals surface area contributed by atoms with E-state index >= 15 is 0 Å². The number of nitrogens with one attached hydrogen (secondary N) is 2. The lowest BCUT2D eigenvalue weighted by Crippen LogP contribution is -2.46. The van der Waals surface area contributed by atoms with Gasteiger partial charge in [0.15, 0.2) is 0 Å². The van der Waals surface area contributed by atoms with Crippen molar-refractivity contribution >= 4 is 5.97 Å². The number of ether oxygens (including phenoxy) is 1. The van der Waals surface area contributed by atoms with Gasteiger partial charge in [-0.3, -0.25) is 4.79 Å². The first-order valence-electron chi connectivity index (χ1n) is 6.65.